The fraction of sp³-hybridized carbons (Fsp3) is 0.583. The summed E-state index contributed by atoms with van der Waals surface area (Å²) in [5.41, 5.74) is 7.31. The van der Waals surface area contributed by atoms with Crippen molar-refractivity contribution in [3.63, 3.8) is 0 Å². The largest absolute Gasteiger partial charge is 0.469 e. The molecule has 90 valence electrons. The van der Waals surface area contributed by atoms with Crippen LogP contribution < -0.4 is 5.73 Å². The Bertz CT molecular complexity index is 360. The summed E-state index contributed by atoms with van der Waals surface area (Å²) in [5.74, 6) is -0.162. The maximum absolute atomic E-state index is 10.9. The normalized spacial score (nSPS) is 12.5. The zero-order chi connectivity index (χ0) is 12.1. The van der Waals surface area contributed by atoms with Crippen molar-refractivity contribution < 1.29 is 9.53 Å². The van der Waals surface area contributed by atoms with Gasteiger partial charge in [0.25, 0.3) is 0 Å². The zero-order valence-corrected chi connectivity index (χ0v) is 10.9. The molecule has 0 aromatic carbocycles. The quantitative estimate of drug-likeness (QED) is 0.806. The summed E-state index contributed by atoms with van der Waals surface area (Å²) in [5, 5.41) is 0. The Balaban J connectivity index is 2.43. The molecule has 1 aromatic heterocycles. The Morgan fingerprint density at radius 2 is 2.25 bits per heavy atom. The van der Waals surface area contributed by atoms with Crippen molar-refractivity contribution in [2.45, 2.75) is 39.2 Å². The third-order valence-corrected chi connectivity index (χ3v) is 3.58. The summed E-state index contributed by atoms with van der Waals surface area (Å²) in [4.78, 5) is 13.5. The van der Waals surface area contributed by atoms with Gasteiger partial charge in [-0.1, -0.05) is 0 Å². The number of rotatable bonds is 5. The Kier molecular flexibility index (Phi) is 4.96. The van der Waals surface area contributed by atoms with Crippen molar-refractivity contribution >= 4 is 17.3 Å². The predicted molar refractivity (Wildman–Crippen MR) is 66.6 cm³/mol. The lowest BCUT2D eigenvalue weighted by Crippen LogP contribution is -2.11. The molecule has 1 aromatic rings. The number of aryl methyl sites for hydroxylation is 2. The molecule has 3 nitrogen and oxygen atoms in total. The first-order chi connectivity index (χ1) is 7.54. The number of ether oxygens (including phenoxy) is 1. The van der Waals surface area contributed by atoms with Crippen molar-refractivity contribution in [2.75, 3.05) is 7.11 Å². The first kappa shape index (κ1) is 13.2. The summed E-state index contributed by atoms with van der Waals surface area (Å²) in [6, 6.07) is 2.18. The second-order valence-electron chi connectivity index (χ2n) is 3.94. The van der Waals surface area contributed by atoms with Gasteiger partial charge < -0.3 is 10.5 Å². The molecule has 1 rings (SSSR count). The van der Waals surface area contributed by atoms with Crippen LogP contribution in [0.15, 0.2) is 6.07 Å². The van der Waals surface area contributed by atoms with Gasteiger partial charge in [0.05, 0.1) is 7.11 Å². The van der Waals surface area contributed by atoms with Crippen molar-refractivity contribution in [1.29, 1.82) is 0 Å². The monoisotopic (exact) mass is 241 g/mol. The predicted octanol–water partition coefficient (Wildman–Crippen LogP) is 2.71. The highest BCUT2D eigenvalue weighted by Crippen LogP contribution is 2.27. The second kappa shape index (κ2) is 6.01. The number of thiophene rings is 1. The number of carbonyl (C=O) groups excluding carboxylic acids is 1. The van der Waals surface area contributed by atoms with Gasteiger partial charge in [-0.3, -0.25) is 4.79 Å². The molecule has 0 bridgehead atoms. The molecule has 4 heteroatoms. The van der Waals surface area contributed by atoms with Crippen LogP contribution in [0.1, 0.15) is 40.6 Å². The van der Waals surface area contributed by atoms with Gasteiger partial charge in [0.2, 0.25) is 0 Å². The van der Waals surface area contributed by atoms with E-state index in [9.17, 15) is 4.79 Å². The Labute approximate surface area is 101 Å². The van der Waals surface area contributed by atoms with E-state index in [4.69, 9.17) is 5.73 Å². The maximum atomic E-state index is 10.9. The molecule has 0 saturated carbocycles. The number of nitrogens with two attached hydrogens (primary N) is 1. The minimum Gasteiger partial charge on any atom is -0.469 e. The average Bonchev–Trinajstić information content (AvgIpc) is 2.57. The maximum Gasteiger partial charge on any atom is 0.305 e. The standard InChI is InChI=1S/C12H19NO2S/c1-8-7-10(9(2)16-8)11(13)5-4-6-12(14)15-3/h7,11H,4-6,13H2,1-3H3. The van der Waals surface area contributed by atoms with Crippen LogP contribution in [0.3, 0.4) is 0 Å². The van der Waals surface area contributed by atoms with Crippen LogP contribution >= 0.6 is 11.3 Å². The third-order valence-electron chi connectivity index (χ3n) is 2.60. The Morgan fingerprint density at radius 3 is 2.75 bits per heavy atom. The number of esters is 1. The summed E-state index contributed by atoms with van der Waals surface area (Å²) >= 11 is 1.77. The van der Waals surface area contributed by atoms with E-state index in [-0.39, 0.29) is 12.0 Å². The van der Waals surface area contributed by atoms with Gasteiger partial charge in [-0.25, -0.2) is 0 Å². The van der Waals surface area contributed by atoms with Gasteiger partial charge in [-0.2, -0.15) is 0 Å². The van der Waals surface area contributed by atoms with Gasteiger partial charge in [0.1, 0.15) is 0 Å². The van der Waals surface area contributed by atoms with Gasteiger partial charge in [0, 0.05) is 22.2 Å². The zero-order valence-electron chi connectivity index (χ0n) is 10.1. The summed E-state index contributed by atoms with van der Waals surface area (Å²) in [7, 11) is 1.41. The highest BCUT2D eigenvalue weighted by atomic mass is 32.1. The molecule has 2 N–H and O–H groups in total. The molecule has 0 aliphatic carbocycles. The van der Waals surface area contributed by atoms with Crippen LogP contribution in [-0.4, -0.2) is 13.1 Å². The molecule has 0 spiro atoms. The van der Waals surface area contributed by atoms with E-state index in [0.717, 1.165) is 12.8 Å². The van der Waals surface area contributed by atoms with E-state index >= 15 is 0 Å². The van der Waals surface area contributed by atoms with Crippen LogP contribution in [0.2, 0.25) is 0 Å². The molecule has 0 aliphatic rings. The van der Waals surface area contributed by atoms with Crippen LogP contribution in [0.25, 0.3) is 0 Å². The molecule has 1 unspecified atom stereocenters. The van der Waals surface area contributed by atoms with E-state index in [1.165, 1.54) is 22.4 Å². The topological polar surface area (TPSA) is 52.3 Å². The van der Waals surface area contributed by atoms with Crippen LogP contribution in [0.5, 0.6) is 0 Å². The molecule has 0 saturated heterocycles. The van der Waals surface area contributed by atoms with E-state index < -0.39 is 0 Å². The van der Waals surface area contributed by atoms with E-state index in [2.05, 4.69) is 24.7 Å². The number of carbonyl (C=O) groups is 1. The fourth-order valence-corrected chi connectivity index (χ4v) is 2.74. The smallest absolute Gasteiger partial charge is 0.305 e. The molecule has 0 fully saturated rings. The van der Waals surface area contributed by atoms with Gasteiger partial charge in [-0.05, 0) is 38.3 Å². The van der Waals surface area contributed by atoms with E-state index in [1.54, 1.807) is 11.3 Å². The minimum absolute atomic E-state index is 0.0367. The molecule has 0 radical (unpaired) electrons. The minimum atomic E-state index is -0.162. The summed E-state index contributed by atoms with van der Waals surface area (Å²) in [6.07, 6.45) is 2.06. The first-order valence-electron chi connectivity index (χ1n) is 5.44. The van der Waals surface area contributed by atoms with Crippen LogP contribution in [0.4, 0.5) is 0 Å². The summed E-state index contributed by atoms with van der Waals surface area (Å²) in [6.45, 7) is 4.18. The van der Waals surface area contributed by atoms with E-state index in [0.29, 0.717) is 6.42 Å². The Morgan fingerprint density at radius 1 is 1.56 bits per heavy atom. The van der Waals surface area contributed by atoms with Crippen molar-refractivity contribution in [3.8, 4) is 0 Å². The number of hydrogen-bond donors (Lipinski definition) is 1. The third kappa shape index (κ3) is 3.61. The van der Waals surface area contributed by atoms with Gasteiger partial charge >= 0.3 is 5.97 Å². The van der Waals surface area contributed by atoms with Gasteiger partial charge in [0.15, 0.2) is 0 Å². The average molecular weight is 241 g/mol. The lowest BCUT2D eigenvalue weighted by atomic mass is 10.0. The lowest BCUT2D eigenvalue weighted by Gasteiger charge is -2.10. The fourth-order valence-electron chi connectivity index (χ4n) is 1.74. The van der Waals surface area contributed by atoms with Gasteiger partial charge in [-0.15, -0.1) is 11.3 Å². The molecule has 0 amide bonds. The molecule has 1 atom stereocenters. The molecular formula is C12H19NO2S. The SMILES string of the molecule is COC(=O)CCCC(N)c1cc(C)sc1C. The second-order valence-corrected chi connectivity index (χ2v) is 5.40. The van der Waals surface area contributed by atoms with Crippen LogP contribution in [-0.2, 0) is 9.53 Å². The molecule has 0 aliphatic heterocycles. The number of methoxy groups -OCH3 is 1. The Hall–Kier alpha value is -0.870. The molecule has 16 heavy (non-hydrogen) atoms. The van der Waals surface area contributed by atoms with Crippen molar-refractivity contribution in [1.82, 2.24) is 0 Å². The van der Waals surface area contributed by atoms with E-state index in [1.807, 2.05) is 0 Å². The number of hydrogen-bond acceptors (Lipinski definition) is 4. The lowest BCUT2D eigenvalue weighted by molar-refractivity contribution is -0.140. The molecular weight excluding hydrogens is 222 g/mol. The first-order valence-corrected chi connectivity index (χ1v) is 6.25. The summed E-state index contributed by atoms with van der Waals surface area (Å²) < 4.78 is 4.59. The highest BCUT2D eigenvalue weighted by Gasteiger charge is 2.12. The van der Waals surface area contributed by atoms with Crippen LogP contribution in [0, 0.1) is 13.8 Å². The van der Waals surface area contributed by atoms with Crippen molar-refractivity contribution in [2.24, 2.45) is 5.73 Å². The van der Waals surface area contributed by atoms with Crippen molar-refractivity contribution in [3.05, 3.63) is 21.4 Å². The highest BCUT2D eigenvalue weighted by molar-refractivity contribution is 7.12. The molecule has 1 heterocycles.